The monoisotopic (exact) mass is 305 g/mol. The Balaban J connectivity index is 2.77. The quantitative estimate of drug-likeness (QED) is 0.776. The number of amides is 1. The molecule has 6 nitrogen and oxygen atoms in total. The molecule has 0 saturated heterocycles. The zero-order valence-electron chi connectivity index (χ0n) is 10.5. The smallest absolute Gasteiger partial charge is 0.243 e. The van der Waals surface area contributed by atoms with Gasteiger partial charge in [0.05, 0.1) is 11.4 Å². The van der Waals surface area contributed by atoms with E-state index in [4.69, 9.17) is 17.3 Å². The number of nitrogens with zero attached hydrogens (tertiary/aromatic N) is 1. The molecule has 3 N–H and O–H groups in total. The predicted octanol–water partition coefficient (Wildman–Crippen LogP) is 0.0354. The zero-order chi connectivity index (χ0) is 14.5. The minimum atomic E-state index is -3.69. The summed E-state index contributed by atoms with van der Waals surface area (Å²) in [5, 5.41) is 2.95. The van der Waals surface area contributed by atoms with Crippen LogP contribution in [0.3, 0.4) is 0 Å². The molecule has 0 saturated carbocycles. The van der Waals surface area contributed by atoms with Gasteiger partial charge in [0.2, 0.25) is 15.9 Å². The van der Waals surface area contributed by atoms with Gasteiger partial charge in [0.1, 0.15) is 0 Å². The molecule has 1 amide bonds. The highest BCUT2D eigenvalue weighted by atomic mass is 35.5. The first-order valence-electron chi connectivity index (χ1n) is 5.56. The first-order valence-corrected chi connectivity index (χ1v) is 7.38. The molecule has 0 fully saturated rings. The van der Waals surface area contributed by atoms with Crippen LogP contribution in [0.2, 0.25) is 5.02 Å². The number of nitrogens with two attached hydrogens (primary N) is 1. The van der Waals surface area contributed by atoms with Crippen LogP contribution in [0.1, 0.15) is 0 Å². The Morgan fingerprint density at radius 3 is 2.47 bits per heavy atom. The third-order valence-corrected chi connectivity index (χ3v) is 4.42. The number of carbonyl (C=O) groups excluding carboxylic acids is 1. The van der Waals surface area contributed by atoms with E-state index in [2.05, 4.69) is 5.32 Å². The van der Waals surface area contributed by atoms with E-state index >= 15 is 0 Å². The SMILES string of the molecule is CN(CC(=O)NCCN)S(=O)(=O)c1ccc(Cl)cc1. The van der Waals surface area contributed by atoms with Gasteiger partial charge in [0, 0.05) is 25.2 Å². The summed E-state index contributed by atoms with van der Waals surface area (Å²) in [7, 11) is -2.35. The fourth-order valence-corrected chi connectivity index (χ4v) is 2.59. The van der Waals surface area contributed by atoms with Crippen molar-refractivity contribution in [3.05, 3.63) is 29.3 Å². The number of sulfonamides is 1. The largest absolute Gasteiger partial charge is 0.354 e. The van der Waals surface area contributed by atoms with Gasteiger partial charge in [-0.3, -0.25) is 4.79 Å². The maximum Gasteiger partial charge on any atom is 0.243 e. The number of halogens is 1. The lowest BCUT2D eigenvalue weighted by Gasteiger charge is -2.16. The normalized spacial score (nSPS) is 11.6. The topological polar surface area (TPSA) is 92.5 Å². The summed E-state index contributed by atoms with van der Waals surface area (Å²) in [6.07, 6.45) is 0. The molecular weight excluding hydrogens is 290 g/mol. The highest BCUT2D eigenvalue weighted by Gasteiger charge is 2.22. The lowest BCUT2D eigenvalue weighted by atomic mass is 10.4. The highest BCUT2D eigenvalue weighted by Crippen LogP contribution is 2.17. The van der Waals surface area contributed by atoms with Gasteiger partial charge in [-0.1, -0.05) is 11.6 Å². The van der Waals surface area contributed by atoms with Gasteiger partial charge in [0.15, 0.2) is 0 Å². The number of carbonyl (C=O) groups is 1. The summed E-state index contributed by atoms with van der Waals surface area (Å²) < 4.78 is 25.2. The average Bonchev–Trinajstić information content (AvgIpc) is 2.36. The molecule has 1 aromatic carbocycles. The van der Waals surface area contributed by atoms with Crippen molar-refractivity contribution in [1.29, 1.82) is 0 Å². The van der Waals surface area contributed by atoms with Gasteiger partial charge < -0.3 is 11.1 Å². The Bertz CT molecular complexity index is 531. The van der Waals surface area contributed by atoms with Gasteiger partial charge in [-0.25, -0.2) is 8.42 Å². The van der Waals surface area contributed by atoms with Crippen molar-refractivity contribution in [2.45, 2.75) is 4.90 Å². The average molecular weight is 306 g/mol. The number of likely N-dealkylation sites (N-methyl/N-ethyl adjacent to an activating group) is 1. The van der Waals surface area contributed by atoms with Gasteiger partial charge >= 0.3 is 0 Å². The molecule has 8 heteroatoms. The molecule has 1 rings (SSSR count). The molecule has 0 aliphatic heterocycles. The van der Waals surface area contributed by atoms with E-state index in [1.807, 2.05) is 0 Å². The number of hydrogen-bond donors (Lipinski definition) is 2. The Hall–Kier alpha value is -1.15. The Kier molecular flexibility index (Phi) is 5.74. The van der Waals surface area contributed by atoms with Crippen LogP contribution in [0.15, 0.2) is 29.2 Å². The van der Waals surface area contributed by atoms with E-state index < -0.39 is 15.9 Å². The second-order valence-electron chi connectivity index (χ2n) is 3.85. The summed E-state index contributed by atoms with van der Waals surface area (Å²) in [4.78, 5) is 11.5. The van der Waals surface area contributed by atoms with E-state index in [0.717, 1.165) is 4.31 Å². The highest BCUT2D eigenvalue weighted by molar-refractivity contribution is 7.89. The summed E-state index contributed by atoms with van der Waals surface area (Å²) in [5.41, 5.74) is 5.24. The van der Waals surface area contributed by atoms with Crippen LogP contribution in [-0.4, -0.2) is 45.3 Å². The third-order valence-electron chi connectivity index (χ3n) is 2.35. The standard InChI is InChI=1S/C11H16ClN3O3S/c1-15(8-11(16)14-7-6-13)19(17,18)10-4-2-9(12)3-5-10/h2-5H,6-8,13H2,1H3,(H,14,16). The minimum Gasteiger partial charge on any atom is -0.354 e. The molecule has 19 heavy (non-hydrogen) atoms. The molecule has 0 spiro atoms. The Morgan fingerprint density at radius 1 is 1.37 bits per heavy atom. The maximum atomic E-state index is 12.1. The zero-order valence-corrected chi connectivity index (χ0v) is 12.0. The van der Waals surface area contributed by atoms with Crippen LogP contribution in [0, 0.1) is 0 Å². The lowest BCUT2D eigenvalue weighted by molar-refractivity contribution is -0.121. The van der Waals surface area contributed by atoms with Crippen LogP contribution in [0.25, 0.3) is 0 Å². The van der Waals surface area contributed by atoms with Crippen molar-refractivity contribution < 1.29 is 13.2 Å². The molecular formula is C11H16ClN3O3S. The molecule has 0 aliphatic rings. The van der Waals surface area contributed by atoms with Crippen molar-refractivity contribution in [2.24, 2.45) is 5.73 Å². The fourth-order valence-electron chi connectivity index (χ4n) is 1.34. The second kappa shape index (κ2) is 6.85. The van der Waals surface area contributed by atoms with E-state index in [9.17, 15) is 13.2 Å². The van der Waals surface area contributed by atoms with Gasteiger partial charge in [0.25, 0.3) is 0 Å². The second-order valence-corrected chi connectivity index (χ2v) is 6.33. The molecule has 0 aromatic heterocycles. The predicted molar refractivity (Wildman–Crippen MR) is 73.3 cm³/mol. The van der Waals surface area contributed by atoms with Crippen LogP contribution in [0.4, 0.5) is 0 Å². The van der Waals surface area contributed by atoms with Gasteiger partial charge in [-0.05, 0) is 24.3 Å². The Labute approximate surface area is 117 Å². The van der Waals surface area contributed by atoms with E-state index in [-0.39, 0.29) is 11.4 Å². The third kappa shape index (κ3) is 4.46. The van der Waals surface area contributed by atoms with Crippen molar-refractivity contribution >= 4 is 27.5 Å². The first kappa shape index (κ1) is 15.9. The fraction of sp³-hybridized carbons (Fsp3) is 0.364. The summed E-state index contributed by atoms with van der Waals surface area (Å²) >= 11 is 5.70. The van der Waals surface area contributed by atoms with Gasteiger partial charge in [-0.15, -0.1) is 0 Å². The molecule has 0 radical (unpaired) electrons. The number of benzene rings is 1. The molecule has 1 aromatic rings. The van der Waals surface area contributed by atoms with Crippen LogP contribution >= 0.6 is 11.6 Å². The molecule has 0 unspecified atom stereocenters. The number of hydrogen-bond acceptors (Lipinski definition) is 4. The maximum absolute atomic E-state index is 12.1. The molecule has 0 heterocycles. The molecule has 0 atom stereocenters. The number of rotatable bonds is 6. The summed E-state index contributed by atoms with van der Waals surface area (Å²) in [5.74, 6) is -0.398. The van der Waals surface area contributed by atoms with Crippen molar-refractivity contribution in [2.75, 3.05) is 26.7 Å². The van der Waals surface area contributed by atoms with E-state index in [1.165, 1.54) is 31.3 Å². The summed E-state index contributed by atoms with van der Waals surface area (Å²) in [6, 6.07) is 5.76. The van der Waals surface area contributed by atoms with E-state index in [0.29, 0.717) is 18.1 Å². The van der Waals surface area contributed by atoms with Crippen molar-refractivity contribution in [3.63, 3.8) is 0 Å². The Morgan fingerprint density at radius 2 is 1.95 bits per heavy atom. The van der Waals surface area contributed by atoms with Crippen LogP contribution < -0.4 is 11.1 Å². The molecule has 106 valence electrons. The first-order chi connectivity index (χ1) is 8.87. The summed E-state index contributed by atoms with van der Waals surface area (Å²) in [6.45, 7) is 0.359. The minimum absolute atomic E-state index is 0.0889. The van der Waals surface area contributed by atoms with Crippen molar-refractivity contribution in [3.8, 4) is 0 Å². The lowest BCUT2D eigenvalue weighted by Crippen LogP contribution is -2.39. The van der Waals surface area contributed by atoms with Gasteiger partial charge in [-0.2, -0.15) is 4.31 Å². The number of nitrogens with one attached hydrogen (secondary N) is 1. The van der Waals surface area contributed by atoms with Crippen molar-refractivity contribution in [1.82, 2.24) is 9.62 Å². The van der Waals surface area contributed by atoms with Crippen LogP contribution in [-0.2, 0) is 14.8 Å². The molecule has 0 aliphatic carbocycles. The molecule has 0 bridgehead atoms. The van der Waals surface area contributed by atoms with Crippen LogP contribution in [0.5, 0.6) is 0 Å². The van der Waals surface area contributed by atoms with E-state index in [1.54, 1.807) is 0 Å².